The number of rotatable bonds is 7. The van der Waals surface area contributed by atoms with Crippen molar-refractivity contribution in [1.82, 2.24) is 26.4 Å². The summed E-state index contributed by atoms with van der Waals surface area (Å²) >= 11 is 6.50. The van der Waals surface area contributed by atoms with Crippen LogP contribution < -0.4 is 32.1 Å². The zero-order valence-electron chi connectivity index (χ0n) is 20.9. The number of carbonyl (C=O) groups is 1. The standard InChI is InChI=1S/C27H28ClF2N7O/c1-14-3-4-18(19-5-6-20(28)24-26(19)37(2)36-27(24)31)25(34-14)21(11-15-9-16(29)12-17(30)10-15)35-23(38)13-22-32-7-8-33-22/h3-10,12,21-22,27,32-33,36H,11,13,31H2,1-2H3,(H,35,38). The Balaban J connectivity index is 1.59. The molecule has 6 N–H and O–H groups in total. The maximum atomic E-state index is 14.1. The zero-order valence-corrected chi connectivity index (χ0v) is 21.6. The molecule has 0 bridgehead atoms. The fourth-order valence-electron chi connectivity index (χ4n) is 4.98. The van der Waals surface area contributed by atoms with Gasteiger partial charge in [0, 0.05) is 52.9 Å². The lowest BCUT2D eigenvalue weighted by Crippen LogP contribution is -2.39. The molecule has 2 unspecified atom stereocenters. The SMILES string of the molecule is Cc1ccc(-c2ccc(Cl)c3c2N(C)NC3N)c(C(Cc2cc(F)cc(F)c2)NC(=O)CC2NC=CN2)n1. The number of pyridine rings is 1. The first kappa shape index (κ1) is 25.9. The Hall–Kier alpha value is -3.73. The van der Waals surface area contributed by atoms with E-state index in [-0.39, 0.29) is 24.9 Å². The third-order valence-corrected chi connectivity index (χ3v) is 6.92. The molecule has 3 aromatic rings. The van der Waals surface area contributed by atoms with E-state index in [2.05, 4.69) is 21.4 Å². The Morgan fingerprint density at radius 2 is 1.82 bits per heavy atom. The van der Waals surface area contributed by atoms with Crippen LogP contribution in [0, 0.1) is 18.6 Å². The number of nitrogens with one attached hydrogen (secondary N) is 4. The van der Waals surface area contributed by atoms with Gasteiger partial charge in [-0.3, -0.25) is 9.78 Å². The average molecular weight is 540 g/mol. The molecule has 1 amide bonds. The molecule has 3 heterocycles. The van der Waals surface area contributed by atoms with Crippen molar-refractivity contribution < 1.29 is 13.6 Å². The van der Waals surface area contributed by atoms with Gasteiger partial charge >= 0.3 is 0 Å². The number of fused-ring (bicyclic) bond motifs is 1. The number of hydrogen-bond acceptors (Lipinski definition) is 7. The average Bonchev–Trinajstić information content (AvgIpc) is 3.46. The molecule has 0 radical (unpaired) electrons. The van der Waals surface area contributed by atoms with Crippen LogP contribution in [0.1, 0.15) is 41.1 Å². The van der Waals surface area contributed by atoms with Crippen molar-refractivity contribution in [2.45, 2.75) is 38.1 Å². The summed E-state index contributed by atoms with van der Waals surface area (Å²) in [6.07, 6.45) is 2.96. The number of halogens is 3. The normalized spacial score (nSPS) is 17.2. The molecule has 5 rings (SSSR count). The number of hydrazine groups is 1. The Morgan fingerprint density at radius 3 is 2.53 bits per heavy atom. The first-order chi connectivity index (χ1) is 18.2. The molecule has 2 atom stereocenters. The van der Waals surface area contributed by atoms with Crippen molar-refractivity contribution in [2.75, 3.05) is 12.1 Å². The molecule has 0 spiro atoms. The van der Waals surface area contributed by atoms with Crippen LogP contribution >= 0.6 is 11.6 Å². The number of hydrogen-bond donors (Lipinski definition) is 5. The van der Waals surface area contributed by atoms with E-state index in [0.717, 1.165) is 34.1 Å². The minimum atomic E-state index is -0.690. The van der Waals surface area contributed by atoms with Gasteiger partial charge in [0.05, 0.1) is 23.8 Å². The van der Waals surface area contributed by atoms with Crippen molar-refractivity contribution in [1.29, 1.82) is 0 Å². The van der Waals surface area contributed by atoms with Crippen molar-refractivity contribution in [2.24, 2.45) is 5.73 Å². The van der Waals surface area contributed by atoms with Gasteiger partial charge in [0.1, 0.15) is 24.0 Å². The molecular formula is C27H28ClF2N7O. The van der Waals surface area contributed by atoms with Gasteiger partial charge in [0.15, 0.2) is 0 Å². The Kier molecular flexibility index (Phi) is 7.20. The zero-order chi connectivity index (χ0) is 27.0. The van der Waals surface area contributed by atoms with Crippen molar-refractivity contribution in [3.63, 3.8) is 0 Å². The van der Waals surface area contributed by atoms with Crippen molar-refractivity contribution in [3.05, 3.63) is 94.0 Å². The van der Waals surface area contributed by atoms with Gasteiger partial charge < -0.3 is 26.7 Å². The Labute approximate surface area is 224 Å². The molecule has 0 fully saturated rings. The summed E-state index contributed by atoms with van der Waals surface area (Å²) in [6, 6.07) is 10.1. The number of carbonyl (C=O) groups excluding carboxylic acids is 1. The molecule has 0 saturated heterocycles. The number of aryl methyl sites for hydroxylation is 1. The van der Waals surface area contributed by atoms with E-state index < -0.39 is 23.8 Å². The molecule has 0 aliphatic carbocycles. The summed E-state index contributed by atoms with van der Waals surface area (Å²) in [4.78, 5) is 17.9. The third kappa shape index (κ3) is 5.28. The van der Waals surface area contributed by atoms with Gasteiger partial charge in [-0.15, -0.1) is 0 Å². The van der Waals surface area contributed by atoms with Crippen molar-refractivity contribution in [3.8, 4) is 11.1 Å². The van der Waals surface area contributed by atoms with Gasteiger partial charge in [0.2, 0.25) is 5.91 Å². The molecule has 0 saturated carbocycles. The van der Waals surface area contributed by atoms with Crippen LogP contribution in [0.5, 0.6) is 0 Å². The molecule has 198 valence electrons. The molecular weight excluding hydrogens is 512 g/mol. The van der Waals surface area contributed by atoms with E-state index in [4.69, 9.17) is 22.3 Å². The molecule has 2 aliphatic rings. The lowest BCUT2D eigenvalue weighted by molar-refractivity contribution is -0.122. The van der Waals surface area contributed by atoms with Gasteiger partial charge in [-0.25, -0.2) is 14.2 Å². The smallest absolute Gasteiger partial charge is 0.224 e. The summed E-state index contributed by atoms with van der Waals surface area (Å²) in [6.45, 7) is 1.85. The predicted octanol–water partition coefficient (Wildman–Crippen LogP) is 3.68. The van der Waals surface area contributed by atoms with E-state index in [1.165, 1.54) is 12.1 Å². The topological polar surface area (TPSA) is 107 Å². The summed E-state index contributed by atoms with van der Waals surface area (Å²) < 4.78 is 28.2. The number of nitrogens with zero attached hydrogens (tertiary/aromatic N) is 2. The quantitative estimate of drug-likeness (QED) is 0.312. The summed E-state index contributed by atoms with van der Waals surface area (Å²) in [5.74, 6) is -1.63. The fraction of sp³-hybridized carbons (Fsp3) is 0.259. The first-order valence-electron chi connectivity index (χ1n) is 12.2. The molecule has 2 aromatic carbocycles. The van der Waals surface area contributed by atoms with Gasteiger partial charge in [-0.05, 0) is 43.2 Å². The van der Waals surface area contributed by atoms with Crippen LogP contribution in [0.25, 0.3) is 11.1 Å². The first-order valence-corrected chi connectivity index (χ1v) is 12.5. The third-order valence-electron chi connectivity index (χ3n) is 6.59. The lowest BCUT2D eigenvalue weighted by atomic mass is 9.92. The minimum absolute atomic E-state index is 0.122. The Morgan fingerprint density at radius 1 is 1.13 bits per heavy atom. The number of amides is 1. The molecule has 8 nitrogen and oxygen atoms in total. The number of aromatic nitrogens is 1. The van der Waals surface area contributed by atoms with Crippen LogP contribution in [-0.4, -0.2) is 24.1 Å². The molecule has 38 heavy (non-hydrogen) atoms. The lowest BCUT2D eigenvalue weighted by Gasteiger charge is -2.25. The Bertz CT molecular complexity index is 1390. The maximum absolute atomic E-state index is 14.1. The number of anilines is 1. The highest BCUT2D eigenvalue weighted by Crippen LogP contribution is 2.44. The molecule has 2 aliphatic heterocycles. The van der Waals surface area contributed by atoms with Gasteiger partial charge in [0.25, 0.3) is 0 Å². The highest BCUT2D eigenvalue weighted by atomic mass is 35.5. The van der Waals surface area contributed by atoms with E-state index in [9.17, 15) is 13.6 Å². The van der Waals surface area contributed by atoms with E-state index in [1.807, 2.05) is 37.2 Å². The highest BCUT2D eigenvalue weighted by Gasteiger charge is 2.31. The van der Waals surface area contributed by atoms with Crippen LogP contribution in [0.15, 0.2) is 54.9 Å². The highest BCUT2D eigenvalue weighted by molar-refractivity contribution is 6.32. The summed E-state index contributed by atoms with van der Waals surface area (Å²) in [7, 11) is 1.84. The van der Waals surface area contributed by atoms with Gasteiger partial charge in [-0.2, -0.15) is 0 Å². The number of benzene rings is 2. The second-order valence-corrected chi connectivity index (χ2v) is 9.84. The fourth-order valence-corrected chi connectivity index (χ4v) is 5.25. The van der Waals surface area contributed by atoms with E-state index in [0.29, 0.717) is 16.3 Å². The van der Waals surface area contributed by atoms with E-state index in [1.54, 1.807) is 18.5 Å². The predicted molar refractivity (Wildman–Crippen MR) is 143 cm³/mol. The minimum Gasteiger partial charge on any atom is -0.370 e. The molecule has 1 aromatic heterocycles. The van der Waals surface area contributed by atoms with Crippen molar-refractivity contribution >= 4 is 23.2 Å². The monoisotopic (exact) mass is 539 g/mol. The van der Waals surface area contributed by atoms with Crippen LogP contribution in [0.3, 0.4) is 0 Å². The van der Waals surface area contributed by atoms with Crippen LogP contribution in [0.2, 0.25) is 5.02 Å². The van der Waals surface area contributed by atoms with Crippen LogP contribution in [-0.2, 0) is 11.2 Å². The molecule has 11 heteroatoms. The maximum Gasteiger partial charge on any atom is 0.224 e. The van der Waals surface area contributed by atoms with E-state index >= 15 is 0 Å². The summed E-state index contributed by atoms with van der Waals surface area (Å²) in [5.41, 5.74) is 14.2. The second-order valence-electron chi connectivity index (χ2n) is 9.43. The largest absolute Gasteiger partial charge is 0.370 e. The number of nitrogens with two attached hydrogens (primary N) is 1. The van der Waals surface area contributed by atoms with Gasteiger partial charge in [-0.1, -0.05) is 23.7 Å². The summed E-state index contributed by atoms with van der Waals surface area (Å²) in [5, 5.41) is 11.5. The van der Waals surface area contributed by atoms with Crippen LogP contribution in [0.4, 0.5) is 14.5 Å². The second kappa shape index (κ2) is 10.6.